The third-order valence-electron chi connectivity index (χ3n) is 3.61. The number of aromatic nitrogens is 1. The number of nitrogens with zero attached hydrogens (tertiary/aromatic N) is 1. The van der Waals surface area contributed by atoms with E-state index in [1.807, 2.05) is 61.5 Å². The molecule has 3 heteroatoms. The number of hydrogen-bond acceptors (Lipinski definition) is 3. The van der Waals surface area contributed by atoms with Crippen molar-refractivity contribution in [2.75, 3.05) is 0 Å². The normalized spacial score (nSPS) is 10.6. The Morgan fingerprint density at radius 3 is 2.59 bits per heavy atom. The zero-order chi connectivity index (χ0) is 15.4. The van der Waals surface area contributed by atoms with Gasteiger partial charge in [0.15, 0.2) is 5.78 Å². The van der Waals surface area contributed by atoms with E-state index in [-0.39, 0.29) is 5.78 Å². The van der Waals surface area contributed by atoms with E-state index < -0.39 is 0 Å². The summed E-state index contributed by atoms with van der Waals surface area (Å²) < 4.78 is 5.82. The van der Waals surface area contributed by atoms with Crippen molar-refractivity contribution in [3.8, 4) is 5.75 Å². The molecule has 0 radical (unpaired) electrons. The molecule has 2 aromatic carbocycles. The maximum absolute atomic E-state index is 11.6. The number of carbonyl (C=O) groups excluding carboxylic acids is 1. The van der Waals surface area contributed by atoms with Crippen LogP contribution in [0.25, 0.3) is 10.9 Å². The Labute approximate surface area is 129 Å². The summed E-state index contributed by atoms with van der Waals surface area (Å²) in [6.45, 7) is 2.32. The summed E-state index contributed by atoms with van der Waals surface area (Å²) >= 11 is 0. The molecule has 0 saturated carbocycles. The number of ketones is 1. The van der Waals surface area contributed by atoms with Gasteiger partial charge in [-0.3, -0.25) is 9.78 Å². The minimum Gasteiger partial charge on any atom is -0.489 e. The van der Waals surface area contributed by atoms with Crippen molar-refractivity contribution in [2.24, 2.45) is 0 Å². The number of pyridine rings is 1. The van der Waals surface area contributed by atoms with Crippen LogP contribution in [0.4, 0.5) is 0 Å². The molecular weight excluding hydrogens is 274 g/mol. The monoisotopic (exact) mass is 291 g/mol. The van der Waals surface area contributed by atoms with Crippen LogP contribution in [0.2, 0.25) is 0 Å². The van der Waals surface area contributed by atoms with Crippen LogP contribution in [-0.2, 0) is 6.61 Å². The van der Waals surface area contributed by atoms with Gasteiger partial charge in [0.05, 0.1) is 5.52 Å². The molecule has 110 valence electrons. The number of rotatable bonds is 5. The Hall–Kier alpha value is -2.68. The van der Waals surface area contributed by atoms with Crippen LogP contribution in [-0.4, -0.2) is 10.8 Å². The van der Waals surface area contributed by atoms with Gasteiger partial charge in [-0.2, -0.15) is 0 Å². The number of para-hydroxylation sites is 1. The third-order valence-corrected chi connectivity index (χ3v) is 3.61. The van der Waals surface area contributed by atoms with E-state index in [2.05, 4.69) is 4.98 Å². The van der Waals surface area contributed by atoms with Crippen LogP contribution in [0.15, 0.2) is 60.8 Å². The predicted octanol–water partition coefficient (Wildman–Crippen LogP) is 4.41. The lowest BCUT2D eigenvalue weighted by Crippen LogP contribution is -1.99. The highest BCUT2D eigenvalue weighted by Gasteiger charge is 2.05. The smallest absolute Gasteiger partial charge is 0.162 e. The molecule has 0 fully saturated rings. The quantitative estimate of drug-likeness (QED) is 0.654. The highest BCUT2D eigenvalue weighted by atomic mass is 16.5. The van der Waals surface area contributed by atoms with Crippen LogP contribution in [0.5, 0.6) is 5.75 Å². The molecule has 0 unspecified atom stereocenters. The van der Waals surface area contributed by atoms with Crippen LogP contribution in [0.3, 0.4) is 0 Å². The third kappa shape index (κ3) is 2.98. The maximum Gasteiger partial charge on any atom is 0.162 e. The van der Waals surface area contributed by atoms with Gasteiger partial charge in [-0.15, -0.1) is 0 Å². The van der Waals surface area contributed by atoms with Gasteiger partial charge >= 0.3 is 0 Å². The van der Waals surface area contributed by atoms with E-state index in [1.165, 1.54) is 0 Å². The number of carbonyl (C=O) groups is 1. The van der Waals surface area contributed by atoms with Crippen molar-refractivity contribution in [1.29, 1.82) is 0 Å². The first-order chi connectivity index (χ1) is 10.8. The van der Waals surface area contributed by atoms with Gasteiger partial charge in [0.2, 0.25) is 0 Å². The minimum atomic E-state index is 0.143. The molecule has 1 heterocycles. The average molecular weight is 291 g/mol. The maximum atomic E-state index is 11.6. The van der Waals surface area contributed by atoms with E-state index in [1.54, 1.807) is 6.20 Å². The first-order valence-electron chi connectivity index (χ1n) is 7.36. The molecule has 0 amide bonds. The second-order valence-electron chi connectivity index (χ2n) is 5.08. The molecule has 0 N–H and O–H groups in total. The highest BCUT2D eigenvalue weighted by molar-refractivity contribution is 5.95. The fraction of sp³-hybridized carbons (Fsp3) is 0.158. The van der Waals surface area contributed by atoms with Gasteiger partial charge in [-0.25, -0.2) is 0 Å². The van der Waals surface area contributed by atoms with E-state index in [0.717, 1.165) is 27.8 Å². The largest absolute Gasteiger partial charge is 0.489 e. The van der Waals surface area contributed by atoms with Gasteiger partial charge in [-0.1, -0.05) is 31.2 Å². The minimum absolute atomic E-state index is 0.143. The summed E-state index contributed by atoms with van der Waals surface area (Å²) in [5, 5.41) is 1.10. The van der Waals surface area contributed by atoms with E-state index >= 15 is 0 Å². The summed E-state index contributed by atoms with van der Waals surface area (Å²) in [5.41, 5.74) is 2.73. The molecule has 0 spiro atoms. The Balaban J connectivity index is 1.75. The van der Waals surface area contributed by atoms with Crippen molar-refractivity contribution < 1.29 is 9.53 Å². The molecule has 3 rings (SSSR count). The number of hydrogen-bond donors (Lipinski definition) is 0. The lowest BCUT2D eigenvalue weighted by molar-refractivity contribution is 0.0988. The molecule has 0 aliphatic carbocycles. The van der Waals surface area contributed by atoms with Crippen molar-refractivity contribution in [2.45, 2.75) is 20.0 Å². The molecule has 0 aliphatic heterocycles. The fourth-order valence-corrected chi connectivity index (χ4v) is 2.39. The lowest BCUT2D eigenvalue weighted by Gasteiger charge is -2.09. The topological polar surface area (TPSA) is 39.2 Å². The van der Waals surface area contributed by atoms with Crippen molar-refractivity contribution in [3.05, 3.63) is 71.9 Å². The molecule has 3 nitrogen and oxygen atoms in total. The zero-order valence-electron chi connectivity index (χ0n) is 12.5. The summed E-state index contributed by atoms with van der Waals surface area (Å²) in [6.07, 6.45) is 2.30. The van der Waals surface area contributed by atoms with Gasteiger partial charge in [-0.05, 0) is 30.3 Å². The van der Waals surface area contributed by atoms with E-state index in [0.29, 0.717) is 13.0 Å². The molecule has 0 saturated heterocycles. The van der Waals surface area contributed by atoms with Crippen molar-refractivity contribution in [3.63, 3.8) is 0 Å². The number of ether oxygens (including phenoxy) is 1. The summed E-state index contributed by atoms with van der Waals surface area (Å²) in [6, 6.07) is 17.3. The summed E-state index contributed by atoms with van der Waals surface area (Å²) in [5.74, 6) is 0.894. The standard InChI is InChI=1S/C19H17NO2/c1-2-18(21)14-8-10-17(11-9-14)22-13-16-6-3-5-15-7-4-12-20-19(15)16/h3-12H,2,13H2,1H3. The van der Waals surface area contributed by atoms with Crippen LogP contribution in [0.1, 0.15) is 29.3 Å². The second kappa shape index (κ2) is 6.39. The molecule has 0 atom stereocenters. The van der Waals surface area contributed by atoms with Gasteiger partial charge in [0.1, 0.15) is 12.4 Å². The van der Waals surface area contributed by atoms with Gasteiger partial charge in [0.25, 0.3) is 0 Å². The molecule has 0 bridgehead atoms. The van der Waals surface area contributed by atoms with E-state index in [4.69, 9.17) is 4.74 Å². The number of fused-ring (bicyclic) bond motifs is 1. The first kappa shape index (κ1) is 14.3. The summed E-state index contributed by atoms with van der Waals surface area (Å²) in [7, 11) is 0. The molecule has 22 heavy (non-hydrogen) atoms. The zero-order valence-corrected chi connectivity index (χ0v) is 12.5. The number of benzene rings is 2. The second-order valence-corrected chi connectivity index (χ2v) is 5.08. The summed E-state index contributed by atoms with van der Waals surface area (Å²) in [4.78, 5) is 16.0. The number of Topliss-reactive ketones (excluding diaryl/α,β-unsaturated/α-hetero) is 1. The van der Waals surface area contributed by atoms with Crippen LogP contribution in [0, 0.1) is 0 Å². The highest BCUT2D eigenvalue weighted by Crippen LogP contribution is 2.19. The molecule has 3 aromatic rings. The first-order valence-corrected chi connectivity index (χ1v) is 7.36. The van der Waals surface area contributed by atoms with Crippen molar-refractivity contribution >= 4 is 16.7 Å². The SMILES string of the molecule is CCC(=O)c1ccc(OCc2cccc3cccnc23)cc1. The Morgan fingerprint density at radius 1 is 1.05 bits per heavy atom. The molecular formula is C19H17NO2. The van der Waals surface area contributed by atoms with Crippen LogP contribution >= 0.6 is 0 Å². The van der Waals surface area contributed by atoms with Gasteiger partial charge < -0.3 is 4.74 Å². The molecule has 1 aromatic heterocycles. The van der Waals surface area contributed by atoms with Gasteiger partial charge in [0, 0.05) is 29.1 Å². The van der Waals surface area contributed by atoms with E-state index in [9.17, 15) is 4.79 Å². The Kier molecular flexibility index (Phi) is 4.15. The Morgan fingerprint density at radius 2 is 1.82 bits per heavy atom. The fourth-order valence-electron chi connectivity index (χ4n) is 2.39. The predicted molar refractivity (Wildman–Crippen MR) is 87.1 cm³/mol. The van der Waals surface area contributed by atoms with Crippen molar-refractivity contribution in [1.82, 2.24) is 4.98 Å². The molecule has 0 aliphatic rings. The van der Waals surface area contributed by atoms with Crippen LogP contribution < -0.4 is 4.74 Å². The lowest BCUT2D eigenvalue weighted by atomic mass is 10.1. The Bertz CT molecular complexity index is 789. The average Bonchev–Trinajstić information content (AvgIpc) is 2.59.